The number of aromatic nitrogens is 4. The molecule has 0 amide bonds. The summed E-state index contributed by atoms with van der Waals surface area (Å²) in [6.07, 6.45) is 0. The fraction of sp³-hybridized carbons (Fsp3) is 0. The molecule has 4 nitrogen and oxygen atoms in total. The molecular formula is C39H26N4. The van der Waals surface area contributed by atoms with E-state index in [0.29, 0.717) is 28.7 Å². The summed E-state index contributed by atoms with van der Waals surface area (Å²) in [6, 6.07) is 30.9. The zero-order chi connectivity index (χ0) is 35.6. The van der Waals surface area contributed by atoms with Crippen LogP contribution in [0, 0.1) is 0 Å². The van der Waals surface area contributed by atoms with Gasteiger partial charge in [0.25, 0.3) is 0 Å². The van der Waals surface area contributed by atoms with E-state index >= 15 is 0 Å². The van der Waals surface area contributed by atoms with Gasteiger partial charge in [0.2, 0.25) is 0 Å². The van der Waals surface area contributed by atoms with Crippen LogP contribution in [0.3, 0.4) is 0 Å². The number of hydrogen-bond acceptors (Lipinski definition) is 3. The van der Waals surface area contributed by atoms with Gasteiger partial charge in [-0.25, -0.2) is 15.0 Å². The normalized spacial score (nSPS) is 13.9. The molecule has 0 aliphatic heterocycles. The second-order valence-electron chi connectivity index (χ2n) is 9.92. The van der Waals surface area contributed by atoms with E-state index in [9.17, 15) is 0 Å². The first-order valence-electron chi connectivity index (χ1n) is 17.7. The second-order valence-corrected chi connectivity index (χ2v) is 9.92. The standard InChI is InChI=1S/C39H26N4/c1-3-13-28(14-4-1)37-40-38(29-15-5-2-6-16-29)42-39(41-37)30-25-23-27(24-26-30)31-17-7-10-20-34(31)43-35-21-11-8-18-32(35)33-19-9-12-22-36(33)43/h1-26H/i8D,9D,11D,12D,18D,19D,21D,22D. The first kappa shape index (κ1) is 17.8. The predicted molar refractivity (Wildman–Crippen MR) is 176 cm³/mol. The van der Waals surface area contributed by atoms with Crippen LogP contribution < -0.4 is 0 Å². The first-order chi connectivity index (χ1) is 24.7. The number of nitrogens with zero attached hydrogens (tertiary/aromatic N) is 4. The molecule has 2 aromatic heterocycles. The lowest BCUT2D eigenvalue weighted by atomic mass is 10.0. The molecule has 0 spiro atoms. The van der Waals surface area contributed by atoms with Gasteiger partial charge < -0.3 is 4.57 Å². The van der Waals surface area contributed by atoms with E-state index in [2.05, 4.69) is 0 Å². The van der Waals surface area contributed by atoms with E-state index in [1.54, 1.807) is 12.1 Å². The van der Waals surface area contributed by atoms with Gasteiger partial charge in [0.1, 0.15) is 0 Å². The molecule has 0 radical (unpaired) electrons. The molecule has 0 atom stereocenters. The topological polar surface area (TPSA) is 43.6 Å². The maximum Gasteiger partial charge on any atom is 0.164 e. The van der Waals surface area contributed by atoms with E-state index in [1.807, 2.05) is 97.1 Å². The van der Waals surface area contributed by atoms with E-state index in [4.69, 9.17) is 25.9 Å². The van der Waals surface area contributed by atoms with Crippen LogP contribution in [-0.2, 0) is 0 Å². The molecule has 0 unspecified atom stereocenters. The third-order valence-electron chi connectivity index (χ3n) is 7.33. The molecule has 0 saturated carbocycles. The van der Waals surface area contributed by atoms with Crippen LogP contribution >= 0.6 is 0 Å². The largest absolute Gasteiger partial charge is 0.309 e. The summed E-state index contributed by atoms with van der Waals surface area (Å²) < 4.78 is 70.5. The van der Waals surface area contributed by atoms with E-state index in [1.165, 1.54) is 4.57 Å². The Morgan fingerprint density at radius 1 is 0.419 bits per heavy atom. The predicted octanol–water partition coefficient (Wildman–Crippen LogP) is 9.64. The molecule has 2 heterocycles. The summed E-state index contributed by atoms with van der Waals surface area (Å²) in [5.74, 6) is 1.56. The maximum absolute atomic E-state index is 8.91. The maximum atomic E-state index is 8.91. The molecule has 43 heavy (non-hydrogen) atoms. The fourth-order valence-corrected chi connectivity index (χ4v) is 5.31. The van der Waals surface area contributed by atoms with Gasteiger partial charge in [-0.05, 0) is 23.7 Å². The van der Waals surface area contributed by atoms with Crippen LogP contribution in [0.15, 0.2) is 158 Å². The summed E-state index contributed by atoms with van der Waals surface area (Å²) in [4.78, 5) is 14.4. The van der Waals surface area contributed by atoms with Crippen molar-refractivity contribution < 1.29 is 11.0 Å². The Bertz CT molecular complexity index is 2530. The molecule has 0 aliphatic rings. The SMILES string of the molecule is [2H]c1c([2H])c([2H])c2c(c1[2H])c1c([2H])c([2H])c([2H])c([2H])c1n2-c1ccccc1-c1ccc(-c2nc(-c3ccccc3)nc(-c3ccccc3)n2)cc1. The number of benzene rings is 6. The Labute approximate surface area is 260 Å². The molecule has 8 aromatic rings. The lowest BCUT2D eigenvalue weighted by Gasteiger charge is -2.14. The number of fused-ring (bicyclic) bond motifs is 3. The van der Waals surface area contributed by atoms with Crippen LogP contribution in [0.4, 0.5) is 0 Å². The quantitative estimate of drug-likeness (QED) is 0.211. The van der Waals surface area contributed by atoms with Crippen LogP contribution in [0.2, 0.25) is 0 Å². The van der Waals surface area contributed by atoms with Crippen LogP contribution in [0.25, 0.3) is 72.8 Å². The van der Waals surface area contributed by atoms with E-state index < -0.39 is 24.2 Å². The van der Waals surface area contributed by atoms with Gasteiger partial charge in [-0.15, -0.1) is 0 Å². The van der Waals surface area contributed by atoms with Crippen molar-refractivity contribution in [3.05, 3.63) is 158 Å². The molecule has 0 fully saturated rings. The van der Waals surface area contributed by atoms with Gasteiger partial charge in [0.05, 0.1) is 27.7 Å². The molecule has 4 heteroatoms. The summed E-state index contributed by atoms with van der Waals surface area (Å²) in [5, 5.41) is 0.0675. The lowest BCUT2D eigenvalue weighted by Crippen LogP contribution is -2.00. The average molecular weight is 559 g/mol. The van der Waals surface area contributed by atoms with Crippen molar-refractivity contribution in [1.82, 2.24) is 19.5 Å². The highest BCUT2D eigenvalue weighted by Crippen LogP contribution is 2.36. The van der Waals surface area contributed by atoms with Crippen LogP contribution in [0.5, 0.6) is 0 Å². The van der Waals surface area contributed by atoms with Crippen LogP contribution in [0.1, 0.15) is 11.0 Å². The Hall–Kier alpha value is -5.87. The number of para-hydroxylation sites is 3. The second kappa shape index (κ2) is 10.5. The van der Waals surface area contributed by atoms with Crippen LogP contribution in [-0.4, -0.2) is 19.5 Å². The van der Waals surface area contributed by atoms with Crippen molar-refractivity contribution in [2.75, 3.05) is 0 Å². The number of rotatable bonds is 5. The van der Waals surface area contributed by atoms with Crippen molar-refractivity contribution in [3.8, 4) is 51.0 Å². The zero-order valence-corrected chi connectivity index (χ0v) is 22.7. The van der Waals surface area contributed by atoms with Gasteiger partial charge in [-0.1, -0.05) is 139 Å². The molecule has 0 aliphatic carbocycles. The molecule has 6 aromatic carbocycles. The van der Waals surface area contributed by atoms with Gasteiger partial charge in [0, 0.05) is 33.0 Å². The van der Waals surface area contributed by atoms with Gasteiger partial charge >= 0.3 is 0 Å². The Kier molecular flexibility index (Phi) is 4.36. The lowest BCUT2D eigenvalue weighted by molar-refractivity contribution is 1.07. The average Bonchev–Trinajstić information content (AvgIpc) is 3.54. The Morgan fingerprint density at radius 2 is 0.837 bits per heavy atom. The molecule has 0 saturated heterocycles. The highest BCUT2D eigenvalue weighted by Gasteiger charge is 2.16. The van der Waals surface area contributed by atoms with Gasteiger partial charge in [0.15, 0.2) is 17.5 Å². The minimum absolute atomic E-state index is 0.0337. The van der Waals surface area contributed by atoms with E-state index in [0.717, 1.165) is 22.3 Å². The molecule has 0 N–H and O–H groups in total. The van der Waals surface area contributed by atoms with Crippen molar-refractivity contribution in [2.24, 2.45) is 0 Å². The number of hydrogen-bond donors (Lipinski definition) is 0. The fourth-order valence-electron chi connectivity index (χ4n) is 5.31. The minimum atomic E-state index is -0.480. The smallest absolute Gasteiger partial charge is 0.164 e. The third kappa shape index (κ3) is 4.46. The summed E-state index contributed by atoms with van der Waals surface area (Å²) in [6.45, 7) is 0. The summed E-state index contributed by atoms with van der Waals surface area (Å²) >= 11 is 0. The molecule has 202 valence electrons. The highest BCUT2D eigenvalue weighted by atomic mass is 15.0. The monoisotopic (exact) mass is 558 g/mol. The van der Waals surface area contributed by atoms with E-state index in [-0.39, 0.29) is 46.0 Å². The molecule has 8 rings (SSSR count). The van der Waals surface area contributed by atoms with Crippen molar-refractivity contribution >= 4 is 21.8 Å². The molecule has 0 bridgehead atoms. The Morgan fingerprint density at radius 3 is 1.37 bits per heavy atom. The van der Waals surface area contributed by atoms with Crippen molar-refractivity contribution in [3.63, 3.8) is 0 Å². The molecular weight excluding hydrogens is 524 g/mol. The zero-order valence-electron chi connectivity index (χ0n) is 30.7. The third-order valence-corrected chi connectivity index (χ3v) is 7.33. The first-order valence-corrected chi connectivity index (χ1v) is 13.7. The van der Waals surface area contributed by atoms with Crippen molar-refractivity contribution in [1.29, 1.82) is 0 Å². The minimum Gasteiger partial charge on any atom is -0.309 e. The summed E-state index contributed by atoms with van der Waals surface area (Å²) in [7, 11) is 0. The highest BCUT2D eigenvalue weighted by molar-refractivity contribution is 6.09. The van der Waals surface area contributed by atoms with Gasteiger partial charge in [-0.3, -0.25) is 0 Å². The Balaban J connectivity index is 1.33. The van der Waals surface area contributed by atoms with Gasteiger partial charge in [-0.2, -0.15) is 0 Å². The summed E-state index contributed by atoms with van der Waals surface area (Å²) in [5.41, 5.74) is 4.50. The van der Waals surface area contributed by atoms with Crippen molar-refractivity contribution in [2.45, 2.75) is 0 Å².